The maximum Gasteiger partial charge on any atom is 0.142 e. The minimum absolute atomic E-state index is 0.781. The molecule has 0 unspecified atom stereocenters. The summed E-state index contributed by atoms with van der Waals surface area (Å²) in [6.45, 7) is 1.90. The summed E-state index contributed by atoms with van der Waals surface area (Å²) in [7, 11) is 0. The summed E-state index contributed by atoms with van der Waals surface area (Å²) in [5, 5.41) is 4.86. The van der Waals surface area contributed by atoms with Crippen LogP contribution in [0.5, 0.6) is 0 Å². The topological polar surface area (TPSA) is 64.9 Å². The van der Waals surface area contributed by atoms with E-state index in [1.165, 1.54) is 5.56 Å². The first-order chi connectivity index (χ1) is 9.22. The molecule has 5 heteroatoms. The molecule has 0 fully saturated rings. The molecule has 2 aromatic heterocycles. The number of hydrogen-bond acceptors (Lipinski definition) is 5. The predicted molar refractivity (Wildman–Crippen MR) is 76.0 cm³/mol. The van der Waals surface area contributed by atoms with E-state index in [2.05, 4.69) is 10.1 Å². The van der Waals surface area contributed by atoms with Crippen molar-refractivity contribution in [3.05, 3.63) is 53.0 Å². The lowest BCUT2D eigenvalue weighted by Crippen LogP contribution is -1.88. The Hall–Kier alpha value is -2.14. The van der Waals surface area contributed by atoms with E-state index >= 15 is 0 Å². The average molecular weight is 271 g/mol. The van der Waals surface area contributed by atoms with Gasteiger partial charge < -0.3 is 10.3 Å². The molecule has 0 atom stereocenters. The zero-order chi connectivity index (χ0) is 13.2. The van der Waals surface area contributed by atoms with Gasteiger partial charge in [-0.2, -0.15) is 0 Å². The number of aryl methyl sites for hydroxylation is 1. The van der Waals surface area contributed by atoms with E-state index in [0.29, 0.717) is 0 Å². The van der Waals surface area contributed by atoms with Crippen LogP contribution in [0.25, 0.3) is 10.4 Å². The Balaban J connectivity index is 1.82. The Morgan fingerprint density at radius 2 is 2.00 bits per heavy atom. The quantitative estimate of drug-likeness (QED) is 0.742. The first-order valence-corrected chi connectivity index (χ1v) is 6.75. The fraction of sp³-hybridized carbons (Fsp3) is 0.143. The zero-order valence-corrected chi connectivity index (χ0v) is 11.3. The first-order valence-electron chi connectivity index (χ1n) is 5.93. The van der Waals surface area contributed by atoms with Crippen LogP contribution in [0.2, 0.25) is 0 Å². The Morgan fingerprint density at radius 1 is 1.21 bits per heavy atom. The molecule has 0 aliphatic carbocycles. The lowest BCUT2D eigenvalue weighted by atomic mass is 10.1. The van der Waals surface area contributed by atoms with Crippen molar-refractivity contribution in [2.45, 2.75) is 13.3 Å². The van der Waals surface area contributed by atoms with Crippen LogP contribution in [-0.2, 0) is 6.42 Å². The van der Waals surface area contributed by atoms with Gasteiger partial charge in [0.25, 0.3) is 0 Å². The van der Waals surface area contributed by atoms with Crippen molar-refractivity contribution >= 4 is 17.0 Å². The molecule has 96 valence electrons. The number of hydrogen-bond donors (Lipinski definition) is 1. The summed E-state index contributed by atoms with van der Waals surface area (Å²) in [6.07, 6.45) is 4.42. The molecular weight excluding hydrogens is 258 g/mol. The predicted octanol–water partition coefficient (Wildman–Crippen LogP) is 3.28. The molecule has 0 aliphatic heterocycles. The number of nitrogen functional groups attached to an aromatic ring is 1. The van der Waals surface area contributed by atoms with Gasteiger partial charge >= 0.3 is 0 Å². The molecular formula is C14H13N3OS. The van der Waals surface area contributed by atoms with Crippen molar-refractivity contribution in [2.75, 3.05) is 5.73 Å². The lowest BCUT2D eigenvalue weighted by molar-refractivity contribution is 0.398. The molecule has 0 aliphatic rings. The van der Waals surface area contributed by atoms with E-state index in [0.717, 1.165) is 33.3 Å². The number of rotatable bonds is 3. The highest BCUT2D eigenvalue weighted by molar-refractivity contribution is 7.15. The van der Waals surface area contributed by atoms with Gasteiger partial charge in [-0.25, -0.2) is 4.98 Å². The Morgan fingerprint density at radius 3 is 2.68 bits per heavy atom. The SMILES string of the molecule is Cc1oncc1-c1cnc(Cc2ccc(N)cc2)s1. The molecule has 0 amide bonds. The fourth-order valence-corrected chi connectivity index (χ4v) is 2.87. The Labute approximate surface area is 114 Å². The maximum absolute atomic E-state index is 5.67. The van der Waals surface area contributed by atoms with Gasteiger partial charge in [0.15, 0.2) is 0 Å². The van der Waals surface area contributed by atoms with Gasteiger partial charge in [-0.1, -0.05) is 17.3 Å². The second-order valence-electron chi connectivity index (χ2n) is 4.33. The smallest absolute Gasteiger partial charge is 0.142 e. The third-order valence-electron chi connectivity index (χ3n) is 2.90. The highest BCUT2D eigenvalue weighted by atomic mass is 32.1. The summed E-state index contributed by atoms with van der Waals surface area (Å²) in [5.74, 6) is 0.822. The van der Waals surface area contributed by atoms with E-state index in [1.807, 2.05) is 37.4 Å². The minimum atomic E-state index is 0.781. The summed E-state index contributed by atoms with van der Waals surface area (Å²) < 4.78 is 5.07. The van der Waals surface area contributed by atoms with Gasteiger partial charge in [0.05, 0.1) is 21.6 Å². The van der Waals surface area contributed by atoms with Crippen LogP contribution < -0.4 is 5.73 Å². The van der Waals surface area contributed by atoms with Crippen molar-refractivity contribution < 1.29 is 4.52 Å². The van der Waals surface area contributed by atoms with E-state index in [1.54, 1.807) is 17.5 Å². The number of thiazole rings is 1. The van der Waals surface area contributed by atoms with Crippen molar-refractivity contribution in [3.8, 4) is 10.4 Å². The van der Waals surface area contributed by atoms with Crippen LogP contribution >= 0.6 is 11.3 Å². The van der Waals surface area contributed by atoms with Crippen LogP contribution in [0.15, 0.2) is 41.2 Å². The molecule has 3 rings (SSSR count). The second-order valence-corrected chi connectivity index (χ2v) is 5.45. The number of aromatic nitrogens is 2. The monoisotopic (exact) mass is 271 g/mol. The number of anilines is 1. The molecule has 0 saturated carbocycles. The van der Waals surface area contributed by atoms with Gasteiger partial charge in [-0.05, 0) is 24.6 Å². The van der Waals surface area contributed by atoms with Gasteiger partial charge in [0, 0.05) is 18.3 Å². The van der Waals surface area contributed by atoms with Crippen molar-refractivity contribution in [1.29, 1.82) is 0 Å². The molecule has 1 aromatic carbocycles. The average Bonchev–Trinajstić information content (AvgIpc) is 3.01. The summed E-state index contributed by atoms with van der Waals surface area (Å²) in [6, 6.07) is 7.88. The zero-order valence-electron chi connectivity index (χ0n) is 10.5. The van der Waals surface area contributed by atoms with Gasteiger partial charge in [0.2, 0.25) is 0 Å². The molecule has 3 aromatic rings. The molecule has 2 N–H and O–H groups in total. The fourth-order valence-electron chi connectivity index (χ4n) is 1.86. The lowest BCUT2D eigenvalue weighted by Gasteiger charge is -1.98. The third kappa shape index (κ3) is 2.51. The van der Waals surface area contributed by atoms with E-state index in [4.69, 9.17) is 10.3 Å². The maximum atomic E-state index is 5.67. The molecule has 0 saturated heterocycles. The summed E-state index contributed by atoms with van der Waals surface area (Å²) in [5.41, 5.74) is 8.68. The van der Waals surface area contributed by atoms with E-state index in [-0.39, 0.29) is 0 Å². The molecule has 2 heterocycles. The summed E-state index contributed by atoms with van der Waals surface area (Å²) >= 11 is 1.66. The highest BCUT2D eigenvalue weighted by Gasteiger charge is 2.10. The highest BCUT2D eigenvalue weighted by Crippen LogP contribution is 2.29. The minimum Gasteiger partial charge on any atom is -0.399 e. The second kappa shape index (κ2) is 4.85. The van der Waals surface area contributed by atoms with Crippen LogP contribution in [-0.4, -0.2) is 10.1 Å². The van der Waals surface area contributed by atoms with Crippen molar-refractivity contribution in [3.63, 3.8) is 0 Å². The third-order valence-corrected chi connectivity index (χ3v) is 3.94. The standard InChI is InChI=1S/C14H13N3OS/c1-9-12(7-17-18-9)13-8-16-14(19-13)6-10-2-4-11(15)5-3-10/h2-5,7-8H,6,15H2,1H3. The van der Waals surface area contributed by atoms with Gasteiger partial charge in [-0.3, -0.25) is 0 Å². The van der Waals surface area contributed by atoms with Crippen LogP contribution in [0.1, 0.15) is 16.3 Å². The van der Waals surface area contributed by atoms with Crippen LogP contribution in [0.4, 0.5) is 5.69 Å². The Kier molecular flexibility index (Phi) is 3.05. The number of nitrogens with zero attached hydrogens (tertiary/aromatic N) is 2. The molecule has 0 spiro atoms. The van der Waals surface area contributed by atoms with Crippen LogP contribution in [0.3, 0.4) is 0 Å². The van der Waals surface area contributed by atoms with Crippen molar-refractivity contribution in [2.24, 2.45) is 0 Å². The largest absolute Gasteiger partial charge is 0.399 e. The van der Waals surface area contributed by atoms with E-state index in [9.17, 15) is 0 Å². The molecule has 4 nitrogen and oxygen atoms in total. The molecule has 0 bridgehead atoms. The van der Waals surface area contributed by atoms with Crippen LogP contribution in [0, 0.1) is 6.92 Å². The molecule has 0 radical (unpaired) electrons. The first kappa shape index (κ1) is 11.9. The van der Waals surface area contributed by atoms with E-state index < -0.39 is 0 Å². The van der Waals surface area contributed by atoms with Gasteiger partial charge in [0.1, 0.15) is 5.76 Å². The number of nitrogens with two attached hydrogens (primary N) is 1. The van der Waals surface area contributed by atoms with Gasteiger partial charge in [-0.15, -0.1) is 11.3 Å². The molecule has 19 heavy (non-hydrogen) atoms. The normalized spacial score (nSPS) is 10.8. The summed E-state index contributed by atoms with van der Waals surface area (Å²) in [4.78, 5) is 5.54. The Bertz CT molecular complexity index is 685. The number of benzene rings is 1. The van der Waals surface area contributed by atoms with Crippen molar-refractivity contribution in [1.82, 2.24) is 10.1 Å².